The van der Waals surface area contributed by atoms with E-state index >= 15 is 0 Å². The van der Waals surface area contributed by atoms with Crippen LogP contribution in [0.3, 0.4) is 0 Å². The Morgan fingerprint density at radius 1 is 1.31 bits per heavy atom. The van der Waals surface area contributed by atoms with Crippen LogP contribution in [-0.4, -0.2) is 29.7 Å². The van der Waals surface area contributed by atoms with Gasteiger partial charge >= 0.3 is 12.0 Å². The molecular formula is C11H20N2O3. The fourth-order valence-corrected chi connectivity index (χ4v) is 1.29. The van der Waals surface area contributed by atoms with Gasteiger partial charge in [0.05, 0.1) is 5.41 Å². The van der Waals surface area contributed by atoms with Crippen molar-refractivity contribution in [1.29, 1.82) is 0 Å². The highest BCUT2D eigenvalue weighted by molar-refractivity contribution is 5.80. The molecule has 2 amide bonds. The number of nitrogens with one attached hydrogen (secondary N) is 2. The smallest absolute Gasteiger partial charge is 0.315 e. The second kappa shape index (κ2) is 4.72. The first-order valence-electron chi connectivity index (χ1n) is 5.65. The number of amides is 2. The number of carbonyl (C=O) groups excluding carboxylic acids is 1. The van der Waals surface area contributed by atoms with E-state index in [-0.39, 0.29) is 18.6 Å². The number of urea groups is 1. The molecule has 1 fully saturated rings. The number of carboxylic acids is 1. The quantitative estimate of drug-likeness (QED) is 0.661. The zero-order chi connectivity index (χ0) is 12.3. The van der Waals surface area contributed by atoms with Crippen LogP contribution < -0.4 is 10.6 Å². The second-order valence-electron chi connectivity index (χ2n) is 4.95. The lowest BCUT2D eigenvalue weighted by molar-refractivity contribution is -0.143. The van der Waals surface area contributed by atoms with Crippen molar-refractivity contribution in [3.63, 3.8) is 0 Å². The molecule has 1 aliphatic carbocycles. The molecule has 3 N–H and O–H groups in total. The highest BCUT2D eigenvalue weighted by atomic mass is 16.4. The molecule has 1 rings (SSSR count). The summed E-state index contributed by atoms with van der Waals surface area (Å²) in [5.74, 6) is -0.454. The summed E-state index contributed by atoms with van der Waals surface area (Å²) in [5, 5.41) is 14.3. The van der Waals surface area contributed by atoms with Gasteiger partial charge in [0.15, 0.2) is 0 Å². The summed E-state index contributed by atoms with van der Waals surface area (Å²) in [6.45, 7) is 6.18. The summed E-state index contributed by atoms with van der Waals surface area (Å²) < 4.78 is 0. The number of carbonyl (C=O) groups is 2. The Labute approximate surface area is 95.6 Å². The van der Waals surface area contributed by atoms with E-state index in [1.54, 1.807) is 0 Å². The molecule has 0 aromatic heterocycles. The van der Waals surface area contributed by atoms with Crippen LogP contribution in [0, 0.1) is 11.3 Å². The summed E-state index contributed by atoms with van der Waals surface area (Å²) in [4.78, 5) is 22.3. The number of hydrogen-bond acceptors (Lipinski definition) is 2. The Morgan fingerprint density at radius 3 is 2.25 bits per heavy atom. The normalized spacial score (nSPS) is 19.0. The Hall–Kier alpha value is -1.26. The largest absolute Gasteiger partial charge is 0.481 e. The van der Waals surface area contributed by atoms with Crippen LogP contribution in [0.15, 0.2) is 0 Å². The van der Waals surface area contributed by atoms with Gasteiger partial charge in [-0.3, -0.25) is 4.79 Å². The Kier molecular flexibility index (Phi) is 3.78. The van der Waals surface area contributed by atoms with Crippen LogP contribution in [0.2, 0.25) is 0 Å². The molecular weight excluding hydrogens is 208 g/mol. The molecule has 1 atom stereocenters. The van der Waals surface area contributed by atoms with Crippen molar-refractivity contribution in [1.82, 2.24) is 10.6 Å². The molecule has 0 aromatic carbocycles. The summed E-state index contributed by atoms with van der Waals surface area (Å²) in [7, 11) is 0. The Balaban J connectivity index is 2.28. The number of rotatable bonds is 5. The van der Waals surface area contributed by atoms with E-state index in [4.69, 9.17) is 5.11 Å². The van der Waals surface area contributed by atoms with Gasteiger partial charge in [0.25, 0.3) is 0 Å². The lowest BCUT2D eigenvalue weighted by atomic mass is 10.1. The second-order valence-corrected chi connectivity index (χ2v) is 4.95. The van der Waals surface area contributed by atoms with Crippen molar-refractivity contribution >= 4 is 12.0 Å². The molecule has 5 heteroatoms. The van der Waals surface area contributed by atoms with E-state index in [0.29, 0.717) is 18.8 Å². The van der Waals surface area contributed by atoms with Gasteiger partial charge in [0, 0.05) is 12.6 Å². The first-order chi connectivity index (χ1) is 7.37. The minimum atomic E-state index is -0.815. The van der Waals surface area contributed by atoms with E-state index in [9.17, 15) is 9.59 Å². The van der Waals surface area contributed by atoms with Gasteiger partial charge in [-0.15, -0.1) is 0 Å². The summed E-state index contributed by atoms with van der Waals surface area (Å²) in [5.41, 5.74) is -0.696. The first-order valence-corrected chi connectivity index (χ1v) is 5.65. The van der Waals surface area contributed by atoms with Gasteiger partial charge in [-0.25, -0.2) is 4.79 Å². The molecule has 0 heterocycles. The van der Waals surface area contributed by atoms with E-state index in [1.165, 1.54) is 0 Å². The van der Waals surface area contributed by atoms with Crippen LogP contribution >= 0.6 is 0 Å². The molecule has 1 unspecified atom stereocenters. The zero-order valence-electron chi connectivity index (χ0n) is 10.0. The van der Waals surface area contributed by atoms with Gasteiger partial charge in [-0.05, 0) is 25.7 Å². The minimum absolute atomic E-state index is 0.0833. The van der Waals surface area contributed by atoms with Gasteiger partial charge < -0.3 is 15.7 Å². The maximum Gasteiger partial charge on any atom is 0.315 e. The summed E-state index contributed by atoms with van der Waals surface area (Å²) in [6.07, 6.45) is 1.31. The first kappa shape index (κ1) is 12.8. The van der Waals surface area contributed by atoms with Crippen molar-refractivity contribution < 1.29 is 14.7 Å². The fraction of sp³-hybridized carbons (Fsp3) is 0.818. The molecule has 0 bridgehead atoms. The summed E-state index contributed by atoms with van der Waals surface area (Å²) >= 11 is 0. The minimum Gasteiger partial charge on any atom is -0.481 e. The molecule has 0 saturated heterocycles. The summed E-state index contributed by atoms with van der Waals surface area (Å²) in [6, 6.07) is -0.200. The van der Waals surface area contributed by atoms with Crippen LogP contribution in [0.5, 0.6) is 0 Å². The zero-order valence-corrected chi connectivity index (χ0v) is 10.0. The molecule has 0 spiro atoms. The van der Waals surface area contributed by atoms with Gasteiger partial charge in [-0.2, -0.15) is 0 Å². The predicted molar refractivity (Wildman–Crippen MR) is 60.1 cm³/mol. The van der Waals surface area contributed by atoms with Crippen molar-refractivity contribution in [2.24, 2.45) is 11.3 Å². The molecule has 0 aliphatic heterocycles. The van der Waals surface area contributed by atoms with Crippen molar-refractivity contribution in [2.75, 3.05) is 6.54 Å². The maximum atomic E-state index is 11.4. The maximum absolute atomic E-state index is 11.4. The highest BCUT2D eigenvalue weighted by Gasteiger charge is 2.50. The van der Waals surface area contributed by atoms with Crippen LogP contribution in [0.1, 0.15) is 33.6 Å². The number of hydrogen-bond donors (Lipinski definition) is 3. The fourth-order valence-electron chi connectivity index (χ4n) is 1.29. The van der Waals surface area contributed by atoms with Crippen LogP contribution in [0.4, 0.5) is 4.79 Å². The monoisotopic (exact) mass is 228 g/mol. The standard InChI is InChI=1S/C11H20N2O3/c1-7(2)8(3)13-10(16)12-6-11(4-5-11)9(14)15/h7-8H,4-6H2,1-3H3,(H,14,15)(H2,12,13,16). The van der Waals surface area contributed by atoms with Crippen molar-refractivity contribution in [3.8, 4) is 0 Å². The lowest BCUT2D eigenvalue weighted by Gasteiger charge is -2.19. The highest BCUT2D eigenvalue weighted by Crippen LogP contribution is 2.45. The third-order valence-electron chi connectivity index (χ3n) is 3.25. The van der Waals surface area contributed by atoms with Crippen molar-refractivity contribution in [2.45, 2.75) is 39.7 Å². The topological polar surface area (TPSA) is 78.4 Å². The van der Waals surface area contributed by atoms with Crippen LogP contribution in [-0.2, 0) is 4.79 Å². The van der Waals surface area contributed by atoms with E-state index in [0.717, 1.165) is 0 Å². The average molecular weight is 228 g/mol. The number of carboxylic acid groups (broad SMARTS) is 1. The predicted octanol–water partition coefficient (Wildman–Crippen LogP) is 1.19. The van der Waals surface area contributed by atoms with Crippen LogP contribution in [0.25, 0.3) is 0 Å². The molecule has 1 saturated carbocycles. The van der Waals surface area contributed by atoms with E-state index in [1.807, 2.05) is 20.8 Å². The third kappa shape index (κ3) is 3.12. The molecule has 0 radical (unpaired) electrons. The SMILES string of the molecule is CC(C)C(C)NC(=O)NCC1(C(=O)O)CC1. The van der Waals surface area contributed by atoms with Gasteiger partial charge in [0.2, 0.25) is 0 Å². The molecule has 92 valence electrons. The molecule has 0 aromatic rings. The van der Waals surface area contributed by atoms with E-state index in [2.05, 4.69) is 10.6 Å². The Morgan fingerprint density at radius 2 is 1.88 bits per heavy atom. The third-order valence-corrected chi connectivity index (χ3v) is 3.25. The average Bonchev–Trinajstić information content (AvgIpc) is 2.95. The Bertz CT molecular complexity index is 285. The molecule has 16 heavy (non-hydrogen) atoms. The number of aliphatic carboxylic acids is 1. The van der Waals surface area contributed by atoms with Crippen molar-refractivity contribution in [3.05, 3.63) is 0 Å². The van der Waals surface area contributed by atoms with E-state index < -0.39 is 11.4 Å². The van der Waals surface area contributed by atoms with Gasteiger partial charge in [-0.1, -0.05) is 13.8 Å². The lowest BCUT2D eigenvalue weighted by Crippen LogP contribution is -2.45. The van der Waals surface area contributed by atoms with Gasteiger partial charge in [0.1, 0.15) is 0 Å². The molecule has 5 nitrogen and oxygen atoms in total. The molecule has 1 aliphatic rings.